The summed E-state index contributed by atoms with van der Waals surface area (Å²) in [5.74, 6) is -1.63. The molecule has 2 aliphatic rings. The quantitative estimate of drug-likeness (QED) is 0.828. The van der Waals surface area contributed by atoms with Crippen LogP contribution in [0, 0.1) is 5.92 Å². The minimum Gasteiger partial charge on any atom is -0.478 e. The molecule has 0 bridgehead atoms. The predicted molar refractivity (Wildman–Crippen MR) is 68.0 cm³/mol. The Morgan fingerprint density at radius 2 is 2.05 bits per heavy atom. The second-order valence-corrected chi connectivity index (χ2v) is 4.78. The summed E-state index contributed by atoms with van der Waals surface area (Å²) in [7, 11) is 0. The number of hydrogen-bond donors (Lipinski definition) is 1. The zero-order chi connectivity index (χ0) is 13.3. The van der Waals surface area contributed by atoms with Gasteiger partial charge in [0.2, 0.25) is 0 Å². The van der Waals surface area contributed by atoms with Crippen molar-refractivity contribution >= 4 is 5.97 Å². The van der Waals surface area contributed by atoms with Crippen molar-refractivity contribution in [1.82, 2.24) is 0 Å². The third-order valence-electron chi connectivity index (χ3n) is 3.52. The Hall–Kier alpha value is -2.23. The molecule has 1 N–H and O–H groups in total. The molecule has 1 heterocycles. The molecule has 3 rings (SSSR count). The highest BCUT2D eigenvalue weighted by atomic mass is 16.7. The Morgan fingerprint density at radius 1 is 1.32 bits per heavy atom. The van der Waals surface area contributed by atoms with Gasteiger partial charge < -0.3 is 14.6 Å². The molecule has 0 saturated heterocycles. The van der Waals surface area contributed by atoms with Gasteiger partial charge in [-0.1, -0.05) is 30.3 Å². The molecule has 1 aromatic rings. The Balaban J connectivity index is 1.95. The largest absolute Gasteiger partial charge is 0.478 e. The van der Waals surface area contributed by atoms with E-state index in [2.05, 4.69) is 0 Å². The first-order valence-corrected chi connectivity index (χ1v) is 6.20. The number of carboxylic acids is 1. The van der Waals surface area contributed by atoms with Crippen LogP contribution in [0.4, 0.5) is 0 Å². The van der Waals surface area contributed by atoms with Crippen molar-refractivity contribution in [2.45, 2.75) is 18.6 Å². The van der Waals surface area contributed by atoms with Gasteiger partial charge in [0, 0.05) is 18.1 Å². The molecule has 1 atom stereocenters. The molecule has 0 radical (unpaired) electrons. The van der Waals surface area contributed by atoms with Crippen molar-refractivity contribution in [1.29, 1.82) is 0 Å². The van der Waals surface area contributed by atoms with Gasteiger partial charge in [-0.25, -0.2) is 4.79 Å². The first kappa shape index (κ1) is 11.8. The highest BCUT2D eigenvalue weighted by Crippen LogP contribution is 2.44. The lowest BCUT2D eigenvalue weighted by Crippen LogP contribution is -2.35. The van der Waals surface area contributed by atoms with Crippen LogP contribution in [0.5, 0.6) is 0 Å². The van der Waals surface area contributed by atoms with Crippen molar-refractivity contribution < 1.29 is 19.4 Å². The lowest BCUT2D eigenvalue weighted by atomic mass is 9.79. The van der Waals surface area contributed by atoms with E-state index in [-0.39, 0.29) is 5.92 Å². The normalized spacial score (nSPS) is 23.1. The highest BCUT2D eigenvalue weighted by molar-refractivity contribution is 5.79. The first-order chi connectivity index (χ1) is 9.20. The molecule has 0 saturated carbocycles. The van der Waals surface area contributed by atoms with Crippen molar-refractivity contribution in [2.24, 2.45) is 5.92 Å². The van der Waals surface area contributed by atoms with Gasteiger partial charge >= 0.3 is 5.97 Å². The van der Waals surface area contributed by atoms with Gasteiger partial charge in [-0.05, 0) is 17.9 Å². The van der Waals surface area contributed by atoms with Crippen molar-refractivity contribution in [3.05, 3.63) is 60.1 Å². The highest BCUT2D eigenvalue weighted by Gasteiger charge is 2.44. The van der Waals surface area contributed by atoms with Gasteiger partial charge in [-0.3, -0.25) is 0 Å². The SMILES string of the molecule is O=C(O)C=C[C@@H]1Cc2ccccc2C2(C1)OC=CO2. The van der Waals surface area contributed by atoms with Crippen molar-refractivity contribution in [2.75, 3.05) is 0 Å². The second kappa shape index (κ2) is 4.46. The van der Waals surface area contributed by atoms with Crippen LogP contribution in [0.3, 0.4) is 0 Å². The third kappa shape index (κ3) is 2.10. The number of allylic oxidation sites excluding steroid dienone is 1. The third-order valence-corrected chi connectivity index (χ3v) is 3.52. The monoisotopic (exact) mass is 258 g/mol. The van der Waals surface area contributed by atoms with Crippen LogP contribution in [0.25, 0.3) is 0 Å². The van der Waals surface area contributed by atoms with E-state index in [4.69, 9.17) is 14.6 Å². The zero-order valence-corrected chi connectivity index (χ0v) is 10.3. The van der Waals surface area contributed by atoms with Crippen LogP contribution in [-0.2, 0) is 26.5 Å². The molecule has 0 fully saturated rings. The standard InChI is InChI=1S/C15H14O4/c16-14(17)6-5-11-9-12-3-1-2-4-13(12)15(10-11)18-7-8-19-15/h1-8,11H,9-10H2,(H,16,17)/t11-/m1/s1. The Labute approximate surface area is 111 Å². The number of fused-ring (bicyclic) bond motifs is 2. The Morgan fingerprint density at radius 3 is 2.79 bits per heavy atom. The van der Waals surface area contributed by atoms with E-state index >= 15 is 0 Å². The molecule has 4 heteroatoms. The van der Waals surface area contributed by atoms with Gasteiger partial charge in [0.25, 0.3) is 5.79 Å². The van der Waals surface area contributed by atoms with Crippen molar-refractivity contribution in [3.8, 4) is 0 Å². The summed E-state index contributed by atoms with van der Waals surface area (Å²) in [6, 6.07) is 7.96. The van der Waals surface area contributed by atoms with E-state index in [0.717, 1.165) is 17.5 Å². The van der Waals surface area contributed by atoms with Crippen LogP contribution in [0.2, 0.25) is 0 Å². The number of carbonyl (C=O) groups is 1. The number of aliphatic carboxylic acids is 1. The predicted octanol–water partition coefficient (Wildman–Crippen LogP) is 2.56. The lowest BCUT2D eigenvalue weighted by Gasteiger charge is -2.36. The molecule has 0 amide bonds. The fourth-order valence-electron chi connectivity index (χ4n) is 2.76. The summed E-state index contributed by atoms with van der Waals surface area (Å²) in [4.78, 5) is 10.6. The molecule has 19 heavy (non-hydrogen) atoms. The minimum atomic E-state index is -0.931. The second-order valence-electron chi connectivity index (χ2n) is 4.78. The average molecular weight is 258 g/mol. The summed E-state index contributed by atoms with van der Waals surface area (Å²) in [6.07, 6.45) is 7.40. The van der Waals surface area contributed by atoms with E-state index in [0.29, 0.717) is 6.42 Å². The Kier molecular flexibility index (Phi) is 2.78. The van der Waals surface area contributed by atoms with E-state index in [1.54, 1.807) is 18.6 Å². The van der Waals surface area contributed by atoms with E-state index in [1.165, 1.54) is 6.08 Å². The average Bonchev–Trinajstić information content (AvgIpc) is 2.86. The number of ether oxygens (including phenoxy) is 2. The van der Waals surface area contributed by atoms with Crippen LogP contribution in [0.1, 0.15) is 17.5 Å². The van der Waals surface area contributed by atoms with Gasteiger partial charge in [0.05, 0.1) is 0 Å². The molecular weight excluding hydrogens is 244 g/mol. The maximum atomic E-state index is 10.6. The maximum absolute atomic E-state index is 10.6. The van der Waals surface area contributed by atoms with Crippen molar-refractivity contribution in [3.63, 3.8) is 0 Å². The summed E-state index contributed by atoms with van der Waals surface area (Å²) < 4.78 is 11.3. The topological polar surface area (TPSA) is 55.8 Å². The van der Waals surface area contributed by atoms with Gasteiger partial charge in [-0.15, -0.1) is 0 Å². The molecule has 98 valence electrons. The Bertz CT molecular complexity index is 551. The lowest BCUT2D eigenvalue weighted by molar-refractivity contribution is -0.166. The summed E-state index contributed by atoms with van der Waals surface area (Å²) in [5.41, 5.74) is 2.16. The molecule has 1 spiro atoms. The molecule has 4 nitrogen and oxygen atoms in total. The molecule has 0 aromatic heterocycles. The van der Waals surface area contributed by atoms with Crippen LogP contribution in [-0.4, -0.2) is 11.1 Å². The van der Waals surface area contributed by atoms with E-state index in [1.807, 2.05) is 24.3 Å². The van der Waals surface area contributed by atoms with E-state index in [9.17, 15) is 4.79 Å². The maximum Gasteiger partial charge on any atom is 0.327 e. The van der Waals surface area contributed by atoms with Crippen LogP contribution >= 0.6 is 0 Å². The van der Waals surface area contributed by atoms with Gasteiger partial charge in [0.1, 0.15) is 12.5 Å². The summed E-state index contributed by atoms with van der Waals surface area (Å²) in [6.45, 7) is 0. The van der Waals surface area contributed by atoms with Gasteiger partial charge in [-0.2, -0.15) is 0 Å². The number of rotatable bonds is 2. The molecule has 1 aliphatic carbocycles. The summed E-state index contributed by atoms with van der Waals surface area (Å²) in [5, 5.41) is 8.73. The fraction of sp³-hybridized carbons (Fsp3) is 0.267. The van der Waals surface area contributed by atoms with Crippen LogP contribution in [0.15, 0.2) is 48.9 Å². The molecule has 1 aromatic carbocycles. The van der Waals surface area contributed by atoms with E-state index < -0.39 is 11.8 Å². The number of hydrogen-bond acceptors (Lipinski definition) is 3. The molecule has 1 aliphatic heterocycles. The zero-order valence-electron chi connectivity index (χ0n) is 10.3. The minimum absolute atomic E-state index is 0.0888. The fourth-order valence-corrected chi connectivity index (χ4v) is 2.76. The van der Waals surface area contributed by atoms with Gasteiger partial charge in [0.15, 0.2) is 0 Å². The first-order valence-electron chi connectivity index (χ1n) is 6.20. The number of benzene rings is 1. The number of carboxylic acid groups (broad SMARTS) is 1. The van der Waals surface area contributed by atoms with Crippen LogP contribution < -0.4 is 0 Å². The smallest absolute Gasteiger partial charge is 0.327 e. The molecular formula is C15H14O4. The summed E-state index contributed by atoms with van der Waals surface area (Å²) >= 11 is 0. The molecule has 0 unspecified atom stereocenters.